The fourth-order valence-corrected chi connectivity index (χ4v) is 1.71. The van der Waals surface area contributed by atoms with Crippen molar-refractivity contribution in [3.05, 3.63) is 62.6 Å². The monoisotopic (exact) mass is 307 g/mol. The van der Waals surface area contributed by atoms with Crippen LogP contribution in [-0.4, -0.2) is 17.0 Å². The molecule has 7 nitrogen and oxygen atoms in total. The molecule has 21 heavy (non-hydrogen) atoms. The van der Waals surface area contributed by atoms with Crippen LogP contribution in [0, 0.1) is 17.0 Å². The SMILES string of the molecule is Cc1ccc(C(=O)NN=Cc2ccc(Cl)c([N+](=O)[O-])c2)o1. The molecule has 0 spiro atoms. The number of aryl methyl sites for hydroxylation is 1. The van der Waals surface area contributed by atoms with E-state index in [-0.39, 0.29) is 16.5 Å². The maximum atomic E-state index is 11.6. The lowest BCUT2D eigenvalue weighted by Crippen LogP contribution is -2.16. The minimum Gasteiger partial charge on any atom is -0.456 e. The van der Waals surface area contributed by atoms with Crippen molar-refractivity contribution in [2.75, 3.05) is 0 Å². The van der Waals surface area contributed by atoms with Crippen molar-refractivity contribution in [1.82, 2.24) is 5.43 Å². The summed E-state index contributed by atoms with van der Waals surface area (Å²) in [5.74, 6) is 0.229. The highest BCUT2D eigenvalue weighted by atomic mass is 35.5. The van der Waals surface area contributed by atoms with Gasteiger partial charge < -0.3 is 4.42 Å². The van der Waals surface area contributed by atoms with Crippen LogP contribution in [0.25, 0.3) is 0 Å². The van der Waals surface area contributed by atoms with Crippen LogP contribution in [0.2, 0.25) is 5.02 Å². The van der Waals surface area contributed by atoms with Crippen molar-refractivity contribution in [2.24, 2.45) is 5.10 Å². The van der Waals surface area contributed by atoms with E-state index in [4.69, 9.17) is 16.0 Å². The zero-order chi connectivity index (χ0) is 15.4. The standard InChI is InChI=1S/C13H10ClN3O4/c1-8-2-5-12(21-8)13(18)16-15-7-9-3-4-10(14)11(6-9)17(19)20/h2-7H,1H3,(H,16,18). The Labute approximate surface area is 124 Å². The molecule has 0 aliphatic heterocycles. The van der Waals surface area contributed by atoms with Crippen LogP contribution in [0.4, 0.5) is 5.69 Å². The van der Waals surface area contributed by atoms with Gasteiger partial charge in [-0.1, -0.05) is 17.7 Å². The van der Waals surface area contributed by atoms with E-state index in [9.17, 15) is 14.9 Å². The first kappa shape index (κ1) is 14.7. The van der Waals surface area contributed by atoms with Crippen LogP contribution in [-0.2, 0) is 0 Å². The first-order valence-corrected chi connectivity index (χ1v) is 6.19. The number of furan rings is 1. The summed E-state index contributed by atoms with van der Waals surface area (Å²) in [4.78, 5) is 21.8. The van der Waals surface area contributed by atoms with Gasteiger partial charge >= 0.3 is 5.91 Å². The van der Waals surface area contributed by atoms with Gasteiger partial charge in [-0.05, 0) is 25.1 Å². The smallest absolute Gasteiger partial charge is 0.307 e. The van der Waals surface area contributed by atoms with Gasteiger partial charge in [-0.3, -0.25) is 14.9 Å². The second-order valence-corrected chi connectivity index (χ2v) is 4.48. The Morgan fingerprint density at radius 2 is 2.19 bits per heavy atom. The highest BCUT2D eigenvalue weighted by molar-refractivity contribution is 6.32. The van der Waals surface area contributed by atoms with E-state index in [0.29, 0.717) is 11.3 Å². The number of hydrogen-bond acceptors (Lipinski definition) is 5. The van der Waals surface area contributed by atoms with E-state index < -0.39 is 10.8 Å². The Morgan fingerprint density at radius 3 is 2.81 bits per heavy atom. The van der Waals surface area contributed by atoms with Gasteiger partial charge in [0.15, 0.2) is 5.76 Å². The van der Waals surface area contributed by atoms with Gasteiger partial charge in [0.2, 0.25) is 0 Å². The zero-order valence-electron chi connectivity index (χ0n) is 10.9. The van der Waals surface area contributed by atoms with Gasteiger partial charge in [-0.15, -0.1) is 0 Å². The van der Waals surface area contributed by atoms with Crippen LogP contribution in [0.3, 0.4) is 0 Å². The summed E-state index contributed by atoms with van der Waals surface area (Å²) in [7, 11) is 0. The number of hydrazone groups is 1. The number of nitro benzene ring substituents is 1. The molecule has 2 rings (SSSR count). The fraction of sp³-hybridized carbons (Fsp3) is 0.0769. The lowest BCUT2D eigenvalue weighted by atomic mass is 10.2. The molecule has 1 heterocycles. The Kier molecular flexibility index (Phi) is 4.34. The van der Waals surface area contributed by atoms with Crippen LogP contribution in [0.1, 0.15) is 21.9 Å². The van der Waals surface area contributed by atoms with Crippen LogP contribution >= 0.6 is 11.6 Å². The first-order chi connectivity index (χ1) is 9.97. The quantitative estimate of drug-likeness (QED) is 0.533. The fourth-order valence-electron chi connectivity index (χ4n) is 1.53. The molecule has 8 heteroatoms. The summed E-state index contributed by atoms with van der Waals surface area (Å²) in [6.45, 7) is 1.72. The summed E-state index contributed by atoms with van der Waals surface area (Å²) < 4.78 is 5.12. The van der Waals surface area contributed by atoms with Crippen molar-refractivity contribution in [1.29, 1.82) is 0 Å². The number of nitro groups is 1. The molecular formula is C13H10ClN3O4. The molecule has 0 saturated carbocycles. The Balaban J connectivity index is 2.06. The number of rotatable bonds is 4. The normalized spacial score (nSPS) is 10.8. The first-order valence-electron chi connectivity index (χ1n) is 5.81. The Hall–Kier alpha value is -2.67. The molecule has 0 aliphatic carbocycles. The summed E-state index contributed by atoms with van der Waals surface area (Å²) in [5, 5.41) is 14.5. The average molecular weight is 308 g/mol. The number of amides is 1. The maximum absolute atomic E-state index is 11.6. The summed E-state index contributed by atoms with van der Waals surface area (Å²) in [6.07, 6.45) is 1.27. The molecule has 0 saturated heterocycles. The van der Waals surface area contributed by atoms with Gasteiger partial charge in [0.1, 0.15) is 10.8 Å². The van der Waals surface area contributed by atoms with E-state index in [2.05, 4.69) is 10.5 Å². The van der Waals surface area contributed by atoms with Crippen molar-refractivity contribution >= 4 is 29.4 Å². The van der Waals surface area contributed by atoms with E-state index in [1.807, 2.05) is 0 Å². The lowest BCUT2D eigenvalue weighted by molar-refractivity contribution is -0.384. The number of benzene rings is 1. The molecule has 0 bridgehead atoms. The predicted molar refractivity (Wildman–Crippen MR) is 76.6 cm³/mol. The number of carbonyl (C=O) groups excluding carboxylic acids is 1. The zero-order valence-corrected chi connectivity index (χ0v) is 11.6. The molecule has 0 unspecified atom stereocenters. The van der Waals surface area contributed by atoms with Gasteiger partial charge in [0, 0.05) is 11.6 Å². The second kappa shape index (κ2) is 6.19. The highest BCUT2D eigenvalue weighted by Gasteiger charge is 2.12. The molecule has 1 N–H and O–H groups in total. The van der Waals surface area contributed by atoms with Gasteiger partial charge in [0.05, 0.1) is 11.1 Å². The molecule has 1 aromatic heterocycles. The number of nitrogens with one attached hydrogen (secondary N) is 1. The summed E-state index contributed by atoms with van der Waals surface area (Å²) >= 11 is 5.69. The number of nitrogens with zero attached hydrogens (tertiary/aromatic N) is 2. The van der Waals surface area contributed by atoms with Crippen LogP contribution < -0.4 is 5.43 Å². The summed E-state index contributed by atoms with van der Waals surface area (Å²) in [5.41, 5.74) is 2.46. The molecule has 1 aromatic carbocycles. The van der Waals surface area contributed by atoms with Crippen molar-refractivity contribution in [2.45, 2.75) is 6.92 Å². The molecule has 0 atom stereocenters. The number of carbonyl (C=O) groups is 1. The Bertz CT molecular complexity index is 724. The van der Waals surface area contributed by atoms with E-state index >= 15 is 0 Å². The molecular weight excluding hydrogens is 298 g/mol. The second-order valence-electron chi connectivity index (χ2n) is 4.08. The molecule has 0 aliphatic rings. The van der Waals surface area contributed by atoms with E-state index in [1.165, 1.54) is 24.4 Å². The van der Waals surface area contributed by atoms with Crippen molar-refractivity contribution in [3.8, 4) is 0 Å². The van der Waals surface area contributed by atoms with Gasteiger partial charge in [-0.2, -0.15) is 5.10 Å². The Morgan fingerprint density at radius 1 is 1.43 bits per heavy atom. The molecule has 108 valence electrons. The van der Waals surface area contributed by atoms with Gasteiger partial charge in [-0.25, -0.2) is 5.43 Å². The summed E-state index contributed by atoms with van der Waals surface area (Å²) in [6, 6.07) is 7.37. The predicted octanol–water partition coefficient (Wildman–Crippen LogP) is 2.91. The topological polar surface area (TPSA) is 97.7 Å². The van der Waals surface area contributed by atoms with Crippen molar-refractivity contribution < 1.29 is 14.1 Å². The third kappa shape index (κ3) is 3.67. The minimum absolute atomic E-state index is 0.0345. The molecule has 0 fully saturated rings. The largest absolute Gasteiger partial charge is 0.456 e. The molecule has 1 amide bonds. The third-order valence-corrected chi connectivity index (χ3v) is 2.83. The lowest BCUT2D eigenvalue weighted by Gasteiger charge is -1.98. The highest BCUT2D eigenvalue weighted by Crippen LogP contribution is 2.24. The van der Waals surface area contributed by atoms with E-state index in [0.717, 1.165) is 0 Å². The average Bonchev–Trinajstić information content (AvgIpc) is 2.87. The third-order valence-electron chi connectivity index (χ3n) is 2.51. The maximum Gasteiger partial charge on any atom is 0.307 e. The molecule has 0 radical (unpaired) electrons. The molecule has 2 aromatic rings. The van der Waals surface area contributed by atoms with Crippen molar-refractivity contribution in [3.63, 3.8) is 0 Å². The number of halogens is 1. The van der Waals surface area contributed by atoms with Crippen LogP contribution in [0.5, 0.6) is 0 Å². The van der Waals surface area contributed by atoms with Gasteiger partial charge in [0.25, 0.3) is 5.69 Å². The van der Waals surface area contributed by atoms with Crippen LogP contribution in [0.15, 0.2) is 39.9 Å². The van der Waals surface area contributed by atoms with E-state index in [1.54, 1.807) is 19.1 Å². The number of hydrogen-bond donors (Lipinski definition) is 1. The minimum atomic E-state index is -0.593.